The number of aromatic hydroxyl groups is 3. The van der Waals surface area contributed by atoms with E-state index in [9.17, 15) is 21.0 Å². The fourth-order valence-electron chi connectivity index (χ4n) is 5.98. The van der Waals surface area contributed by atoms with Crippen molar-refractivity contribution in [3.8, 4) is 28.7 Å². The van der Waals surface area contributed by atoms with Crippen molar-refractivity contribution in [2.75, 3.05) is 0 Å². The van der Waals surface area contributed by atoms with E-state index in [-0.39, 0.29) is 56.0 Å². The Bertz CT molecular complexity index is 2170. The quantitative estimate of drug-likeness (QED) is 0.0841. The van der Waals surface area contributed by atoms with Gasteiger partial charge < -0.3 is 30.9 Å². The molecule has 0 bridgehead atoms. The first-order valence-corrected chi connectivity index (χ1v) is 20.9. The van der Waals surface area contributed by atoms with Crippen molar-refractivity contribution >= 4 is 12.4 Å². The minimum atomic E-state index is -0.150. The Labute approximate surface area is 388 Å². The van der Waals surface area contributed by atoms with Crippen LogP contribution in [0, 0.1) is 12.8 Å². The minimum absolute atomic E-state index is 0. The number of rotatable bonds is 7. The molecule has 1 radical (unpaired) electrons. The van der Waals surface area contributed by atoms with Crippen LogP contribution in [-0.4, -0.2) is 27.7 Å². The molecule has 6 nitrogen and oxygen atoms in total. The van der Waals surface area contributed by atoms with Crippen LogP contribution < -0.4 is 4.74 Å². The molecule has 7 heteroatoms. The second-order valence-corrected chi connectivity index (χ2v) is 19.2. The summed E-state index contributed by atoms with van der Waals surface area (Å²) in [6.07, 6.45) is 6.18. The van der Waals surface area contributed by atoms with E-state index in [1.807, 2.05) is 91.0 Å². The maximum Gasteiger partial charge on any atom is 0.127 e. The molecular weight excluding hydrogens is 820 g/mol. The third-order valence-corrected chi connectivity index (χ3v) is 9.79. The molecular formula is C56H66MnN2O4-4. The average Bonchev–Trinajstić information content (AvgIpc) is 3.21. The van der Waals surface area contributed by atoms with Crippen molar-refractivity contribution in [2.24, 2.45) is 0 Å². The first-order valence-electron chi connectivity index (χ1n) is 20.9. The topological polar surface area (TPSA) is 115 Å². The SMILES string of the molecule is CC(C)(C)c1cc(C=[N-])c(O)c(C(C)(C)C)c1.CC(C)(C)c1cc(C=[N-])c(O)c(C(C)(C)C)c1.Oc1ccc(Oc2ccccc2)cc1.[Mn].c1ccc([CH-][CH-]c2ccccc2)cc1. The van der Waals surface area contributed by atoms with Crippen LogP contribution in [0.15, 0.2) is 140 Å². The molecule has 0 spiro atoms. The molecule has 0 amide bonds. The van der Waals surface area contributed by atoms with E-state index in [1.54, 1.807) is 24.3 Å². The van der Waals surface area contributed by atoms with Gasteiger partial charge in [0, 0.05) is 28.2 Å². The Kier molecular flexibility index (Phi) is 19.9. The number of phenols is 3. The fourth-order valence-corrected chi connectivity index (χ4v) is 5.98. The first kappa shape index (κ1) is 53.3. The monoisotopic (exact) mass is 885 g/mol. The third-order valence-electron chi connectivity index (χ3n) is 9.79. The van der Waals surface area contributed by atoms with Gasteiger partial charge in [-0.15, -0.1) is 24.3 Å². The molecule has 6 rings (SSSR count). The van der Waals surface area contributed by atoms with Gasteiger partial charge in [-0.3, -0.25) is 0 Å². The summed E-state index contributed by atoms with van der Waals surface area (Å²) in [5.74, 6) is 2.10. The predicted molar refractivity (Wildman–Crippen MR) is 262 cm³/mol. The zero-order valence-electron chi connectivity index (χ0n) is 39.1. The van der Waals surface area contributed by atoms with Gasteiger partial charge in [0.05, 0.1) is 0 Å². The Morgan fingerprint density at radius 3 is 1.05 bits per heavy atom. The van der Waals surface area contributed by atoms with Crippen molar-refractivity contribution in [1.82, 2.24) is 0 Å². The van der Waals surface area contributed by atoms with Crippen molar-refractivity contribution in [3.05, 3.63) is 208 Å². The van der Waals surface area contributed by atoms with E-state index in [0.717, 1.165) is 40.4 Å². The van der Waals surface area contributed by atoms with E-state index in [2.05, 4.69) is 120 Å². The third kappa shape index (κ3) is 17.4. The van der Waals surface area contributed by atoms with Crippen LogP contribution in [0.1, 0.15) is 128 Å². The first-order chi connectivity index (χ1) is 28.9. The van der Waals surface area contributed by atoms with Gasteiger partial charge >= 0.3 is 0 Å². The Morgan fingerprint density at radius 2 is 0.746 bits per heavy atom. The van der Waals surface area contributed by atoms with Crippen molar-refractivity contribution < 1.29 is 37.1 Å². The molecule has 0 atom stereocenters. The van der Waals surface area contributed by atoms with Gasteiger partial charge in [0.2, 0.25) is 0 Å². The van der Waals surface area contributed by atoms with Gasteiger partial charge in [-0.25, -0.2) is 24.0 Å². The van der Waals surface area contributed by atoms with E-state index in [4.69, 9.17) is 9.84 Å². The molecule has 63 heavy (non-hydrogen) atoms. The van der Waals surface area contributed by atoms with E-state index in [1.165, 1.54) is 11.1 Å². The normalized spacial score (nSPS) is 11.0. The number of ether oxygens (including phenoxy) is 1. The largest absolute Gasteiger partial charge is 0.810 e. The second-order valence-electron chi connectivity index (χ2n) is 19.2. The van der Waals surface area contributed by atoms with Crippen LogP contribution in [0.5, 0.6) is 28.7 Å². The molecule has 0 unspecified atom stereocenters. The molecule has 0 saturated carbocycles. The maximum atomic E-state index is 10.1. The Hall–Kier alpha value is -5.88. The summed E-state index contributed by atoms with van der Waals surface area (Å²) >= 11 is 0. The standard InChI is InChI=1S/2C15H22NO.C14H12.C12H10O2.Mn/c2*1-14(2,3)11-7-10(9-16)13(17)12(8-11)15(4,5)6;1-3-7-13(8-4-1)11-12-14-9-5-2-6-10-14;13-10-6-8-12(9-7-10)14-11-4-2-1-3-5-11;/h2*7-9,17H,1-6H3;1-12H;1-9,13H;/q2*-1;-2;;. The second kappa shape index (κ2) is 23.5. The molecule has 335 valence electrons. The van der Waals surface area contributed by atoms with Crippen molar-refractivity contribution in [3.63, 3.8) is 0 Å². The number of benzene rings is 6. The summed E-state index contributed by atoms with van der Waals surface area (Å²) in [7, 11) is 0. The molecule has 6 aromatic rings. The number of hydrogen-bond acceptors (Lipinski definition) is 4. The van der Waals surface area contributed by atoms with Gasteiger partial charge in [-0.1, -0.05) is 126 Å². The van der Waals surface area contributed by atoms with Crippen LogP contribution in [-0.2, 0) is 38.7 Å². The van der Waals surface area contributed by atoms with Crippen LogP contribution in [0.4, 0.5) is 0 Å². The molecule has 0 saturated heterocycles. The fraction of sp³-hybridized carbons (Fsp3) is 0.286. The summed E-state index contributed by atoms with van der Waals surface area (Å²) in [5.41, 5.74) is 7.08. The smallest absolute Gasteiger partial charge is 0.127 e. The summed E-state index contributed by atoms with van der Waals surface area (Å²) in [4.78, 5) is 0. The van der Waals surface area contributed by atoms with Crippen molar-refractivity contribution in [1.29, 1.82) is 0 Å². The number of nitrogens with zero attached hydrogens (tertiary/aromatic N) is 2. The summed E-state index contributed by atoms with van der Waals surface area (Å²) in [6.45, 7) is 25.0. The molecule has 0 aliphatic carbocycles. The van der Waals surface area contributed by atoms with Gasteiger partial charge in [0.15, 0.2) is 0 Å². The van der Waals surface area contributed by atoms with E-state index in [0.29, 0.717) is 16.9 Å². The van der Waals surface area contributed by atoms with E-state index < -0.39 is 0 Å². The van der Waals surface area contributed by atoms with Gasteiger partial charge in [-0.2, -0.15) is 36.7 Å². The predicted octanol–water partition coefficient (Wildman–Crippen LogP) is 14.6. The Balaban J connectivity index is 0.000000288. The molecule has 0 heterocycles. The van der Waals surface area contributed by atoms with Gasteiger partial charge in [-0.05, 0) is 92.4 Å². The zero-order valence-corrected chi connectivity index (χ0v) is 40.3. The molecule has 6 aromatic carbocycles. The molecule has 0 aromatic heterocycles. The van der Waals surface area contributed by atoms with Crippen LogP contribution in [0.2, 0.25) is 0 Å². The molecule has 0 fully saturated rings. The number of hydrogen-bond donors (Lipinski definition) is 3. The van der Waals surface area contributed by atoms with Crippen molar-refractivity contribution in [2.45, 2.75) is 105 Å². The van der Waals surface area contributed by atoms with Crippen LogP contribution in [0.25, 0.3) is 10.8 Å². The minimum Gasteiger partial charge on any atom is -0.810 e. The van der Waals surface area contributed by atoms with Gasteiger partial charge in [0.25, 0.3) is 0 Å². The number of para-hydroxylation sites is 1. The maximum absolute atomic E-state index is 10.1. The average molecular weight is 886 g/mol. The number of phenolic OH excluding ortho intramolecular Hbond substituents is 3. The van der Waals surface area contributed by atoms with Crippen LogP contribution in [0.3, 0.4) is 0 Å². The molecule has 0 aliphatic rings. The van der Waals surface area contributed by atoms with Crippen LogP contribution >= 0.6 is 0 Å². The zero-order chi connectivity index (χ0) is 46.3. The summed E-state index contributed by atoms with van der Waals surface area (Å²) < 4.78 is 5.52. The van der Waals surface area contributed by atoms with E-state index >= 15 is 0 Å². The molecule has 0 aliphatic heterocycles. The Morgan fingerprint density at radius 1 is 0.429 bits per heavy atom. The summed E-state index contributed by atoms with van der Waals surface area (Å²) in [6, 6.07) is 44.5. The summed E-state index contributed by atoms with van der Waals surface area (Å²) in [5, 5.41) is 47.7. The van der Waals surface area contributed by atoms with Gasteiger partial charge in [0.1, 0.15) is 28.7 Å². The molecule has 3 N–H and O–H groups in total.